The van der Waals surface area contributed by atoms with Gasteiger partial charge >= 0.3 is 0 Å². The van der Waals surface area contributed by atoms with Gasteiger partial charge in [-0.3, -0.25) is 14.5 Å². The van der Waals surface area contributed by atoms with Crippen LogP contribution >= 0.6 is 0 Å². The lowest BCUT2D eigenvalue weighted by molar-refractivity contribution is -0.133. The number of aliphatic hydroxyl groups excluding tert-OH is 1. The summed E-state index contributed by atoms with van der Waals surface area (Å²) in [5.41, 5.74) is 3.84. The molecule has 9 heteroatoms. The van der Waals surface area contributed by atoms with Crippen LogP contribution < -0.4 is 10.6 Å². The Kier molecular flexibility index (Phi) is 12.8. The van der Waals surface area contributed by atoms with Crippen molar-refractivity contribution in [1.82, 2.24) is 20.4 Å². The van der Waals surface area contributed by atoms with Crippen molar-refractivity contribution in [2.75, 3.05) is 32.7 Å². The average Bonchev–Trinajstić information content (AvgIpc) is 3.25. The van der Waals surface area contributed by atoms with E-state index in [-0.39, 0.29) is 31.7 Å². The molecule has 7 nitrogen and oxygen atoms in total. The summed E-state index contributed by atoms with van der Waals surface area (Å²) in [5.74, 6) is -1.92. The van der Waals surface area contributed by atoms with Gasteiger partial charge in [-0.25, -0.2) is 8.78 Å². The molecule has 0 saturated carbocycles. The van der Waals surface area contributed by atoms with E-state index in [0.717, 1.165) is 44.1 Å². The van der Waals surface area contributed by atoms with E-state index in [9.17, 15) is 23.5 Å². The van der Waals surface area contributed by atoms with E-state index in [1.165, 1.54) is 23.3 Å². The van der Waals surface area contributed by atoms with Crippen LogP contribution in [0.1, 0.15) is 48.4 Å². The zero-order valence-electron chi connectivity index (χ0n) is 25.5. The summed E-state index contributed by atoms with van der Waals surface area (Å²) in [6, 6.07) is 20.8. The lowest BCUT2D eigenvalue weighted by Gasteiger charge is -2.25. The normalized spacial score (nSPS) is 15.4. The predicted molar refractivity (Wildman–Crippen MR) is 168 cm³/mol. The Morgan fingerprint density at radius 1 is 0.841 bits per heavy atom. The standard InChI is InChI=1S/C35H44F2N4O3/c1-2-26-10-6-11-28(18-26)23-38-24-33(42)32(21-29-19-30(36)22-31(37)20-29)39-34(43)12-13-35(44)41-15-7-14-40(16-17-41)25-27-8-4-3-5-9-27/h3-6,8-11,18-20,22,32-33,38,42H,2,7,12-17,21,23-25H2,1H3,(H,39,43)/t32-,33+/m0/s1. The zero-order chi connectivity index (χ0) is 31.3. The number of hydrogen-bond acceptors (Lipinski definition) is 5. The Morgan fingerprint density at radius 2 is 1.57 bits per heavy atom. The first-order chi connectivity index (χ1) is 21.3. The van der Waals surface area contributed by atoms with Gasteiger partial charge in [-0.2, -0.15) is 0 Å². The number of carbonyl (C=O) groups is 2. The summed E-state index contributed by atoms with van der Waals surface area (Å²) in [6.07, 6.45) is 0.790. The van der Waals surface area contributed by atoms with Crippen LogP contribution in [0.25, 0.3) is 0 Å². The number of benzene rings is 3. The molecular weight excluding hydrogens is 562 g/mol. The first-order valence-corrected chi connectivity index (χ1v) is 15.5. The monoisotopic (exact) mass is 606 g/mol. The van der Waals surface area contributed by atoms with Gasteiger partial charge in [-0.1, -0.05) is 61.5 Å². The van der Waals surface area contributed by atoms with E-state index in [1.54, 1.807) is 0 Å². The summed E-state index contributed by atoms with van der Waals surface area (Å²) >= 11 is 0. The molecule has 1 fully saturated rings. The number of aryl methyl sites for hydroxylation is 1. The third-order valence-corrected chi connectivity index (χ3v) is 8.03. The number of nitrogens with zero attached hydrogens (tertiary/aromatic N) is 2. The lowest BCUT2D eigenvalue weighted by atomic mass is 10.00. The summed E-state index contributed by atoms with van der Waals surface area (Å²) in [7, 11) is 0. The number of rotatable bonds is 14. The summed E-state index contributed by atoms with van der Waals surface area (Å²) in [5, 5.41) is 17.1. The van der Waals surface area contributed by atoms with Crippen LogP contribution in [0.15, 0.2) is 72.8 Å². The highest BCUT2D eigenvalue weighted by atomic mass is 19.1. The number of halogens is 2. The fraction of sp³-hybridized carbons (Fsp3) is 0.429. The molecule has 2 atom stereocenters. The smallest absolute Gasteiger partial charge is 0.223 e. The third kappa shape index (κ3) is 10.8. The van der Waals surface area contributed by atoms with Crippen molar-refractivity contribution in [1.29, 1.82) is 0 Å². The van der Waals surface area contributed by atoms with Crippen molar-refractivity contribution >= 4 is 11.8 Å². The second-order valence-electron chi connectivity index (χ2n) is 11.5. The van der Waals surface area contributed by atoms with E-state index in [4.69, 9.17) is 0 Å². The molecule has 0 unspecified atom stereocenters. The quantitative estimate of drug-likeness (QED) is 0.256. The molecule has 2 amide bonds. The van der Waals surface area contributed by atoms with Crippen LogP contribution in [-0.4, -0.2) is 71.6 Å². The van der Waals surface area contributed by atoms with Gasteiger partial charge in [0.2, 0.25) is 11.8 Å². The molecule has 3 aromatic carbocycles. The Bertz CT molecular complexity index is 1340. The minimum absolute atomic E-state index is 0.0336. The number of amides is 2. The molecule has 0 spiro atoms. The molecule has 0 bridgehead atoms. The topological polar surface area (TPSA) is 84.9 Å². The average molecular weight is 607 g/mol. The van der Waals surface area contributed by atoms with Crippen LogP contribution in [0, 0.1) is 11.6 Å². The van der Waals surface area contributed by atoms with Gasteiger partial charge in [0, 0.05) is 64.7 Å². The highest BCUT2D eigenvalue weighted by Gasteiger charge is 2.24. The maximum Gasteiger partial charge on any atom is 0.223 e. The fourth-order valence-electron chi connectivity index (χ4n) is 5.61. The second-order valence-corrected chi connectivity index (χ2v) is 11.5. The maximum absolute atomic E-state index is 13.9. The van der Waals surface area contributed by atoms with E-state index in [0.29, 0.717) is 25.2 Å². The van der Waals surface area contributed by atoms with Crippen LogP contribution in [0.5, 0.6) is 0 Å². The summed E-state index contributed by atoms with van der Waals surface area (Å²) in [4.78, 5) is 30.2. The highest BCUT2D eigenvalue weighted by Crippen LogP contribution is 2.14. The first kappa shape index (κ1) is 33.2. The van der Waals surface area contributed by atoms with Crippen molar-refractivity contribution in [3.63, 3.8) is 0 Å². The number of nitrogens with one attached hydrogen (secondary N) is 2. The predicted octanol–water partition coefficient (Wildman–Crippen LogP) is 4.22. The Balaban J connectivity index is 1.29. The fourth-order valence-corrected chi connectivity index (χ4v) is 5.61. The number of hydrogen-bond donors (Lipinski definition) is 3. The van der Waals surface area contributed by atoms with E-state index >= 15 is 0 Å². The molecular formula is C35H44F2N4O3. The summed E-state index contributed by atoms with van der Waals surface area (Å²) < 4.78 is 27.8. The van der Waals surface area contributed by atoms with Gasteiger partial charge in [0.05, 0.1) is 12.1 Å². The van der Waals surface area contributed by atoms with Crippen molar-refractivity contribution in [2.45, 2.75) is 64.3 Å². The Labute approximate surface area is 259 Å². The second kappa shape index (κ2) is 17.0. The molecule has 236 valence electrons. The first-order valence-electron chi connectivity index (χ1n) is 15.5. The minimum Gasteiger partial charge on any atom is -0.390 e. The van der Waals surface area contributed by atoms with Gasteiger partial charge < -0.3 is 20.6 Å². The molecule has 1 aliphatic heterocycles. The molecule has 1 saturated heterocycles. The van der Waals surface area contributed by atoms with Gasteiger partial charge in [-0.15, -0.1) is 0 Å². The summed E-state index contributed by atoms with van der Waals surface area (Å²) in [6.45, 7) is 6.51. The molecule has 0 aliphatic carbocycles. The van der Waals surface area contributed by atoms with Crippen molar-refractivity contribution in [3.8, 4) is 0 Å². The van der Waals surface area contributed by atoms with Crippen LogP contribution in [0.4, 0.5) is 8.78 Å². The highest BCUT2D eigenvalue weighted by molar-refractivity contribution is 5.84. The van der Waals surface area contributed by atoms with Crippen LogP contribution in [0.2, 0.25) is 0 Å². The van der Waals surface area contributed by atoms with Crippen molar-refractivity contribution < 1.29 is 23.5 Å². The Morgan fingerprint density at radius 3 is 2.32 bits per heavy atom. The third-order valence-electron chi connectivity index (χ3n) is 8.03. The number of aliphatic hydroxyl groups is 1. The molecule has 0 aromatic heterocycles. The van der Waals surface area contributed by atoms with Gasteiger partial charge in [0.1, 0.15) is 11.6 Å². The van der Waals surface area contributed by atoms with Crippen molar-refractivity contribution in [2.24, 2.45) is 0 Å². The van der Waals surface area contributed by atoms with E-state index in [2.05, 4.69) is 46.7 Å². The molecule has 1 aliphatic rings. The van der Waals surface area contributed by atoms with Gasteiger partial charge in [0.25, 0.3) is 0 Å². The molecule has 1 heterocycles. The molecule has 3 N–H and O–H groups in total. The van der Waals surface area contributed by atoms with Crippen LogP contribution in [-0.2, 0) is 35.5 Å². The molecule has 0 radical (unpaired) electrons. The van der Waals surface area contributed by atoms with Crippen molar-refractivity contribution in [3.05, 3.63) is 107 Å². The minimum atomic E-state index is -1.03. The maximum atomic E-state index is 13.9. The SMILES string of the molecule is CCc1cccc(CNC[C@@H](O)[C@H](Cc2cc(F)cc(F)c2)NC(=O)CCC(=O)N2CCCN(Cc3ccccc3)CC2)c1. The molecule has 44 heavy (non-hydrogen) atoms. The number of carbonyl (C=O) groups excluding carboxylic acids is 2. The van der Waals surface area contributed by atoms with Gasteiger partial charge in [0.15, 0.2) is 0 Å². The largest absolute Gasteiger partial charge is 0.390 e. The van der Waals surface area contributed by atoms with E-state index < -0.39 is 29.7 Å². The Hall–Kier alpha value is -3.66. The lowest BCUT2D eigenvalue weighted by Crippen LogP contribution is -2.49. The molecule has 3 aromatic rings. The zero-order valence-corrected chi connectivity index (χ0v) is 25.5. The molecule has 4 rings (SSSR count). The van der Waals surface area contributed by atoms with Crippen LogP contribution in [0.3, 0.4) is 0 Å². The van der Waals surface area contributed by atoms with E-state index in [1.807, 2.05) is 35.2 Å². The van der Waals surface area contributed by atoms with Gasteiger partial charge in [-0.05, 0) is 53.6 Å².